The van der Waals surface area contributed by atoms with Gasteiger partial charge in [0, 0.05) is 62.0 Å². The highest BCUT2D eigenvalue weighted by molar-refractivity contribution is 6.36. The number of methoxy groups -OCH3 is 1. The number of aryl methyl sites for hydroxylation is 2. The summed E-state index contributed by atoms with van der Waals surface area (Å²) in [7, 11) is 4.69. The molecule has 2 saturated heterocycles. The number of ether oxygens (including phenoxy) is 1. The molecule has 3 aliphatic rings. The highest BCUT2D eigenvalue weighted by Gasteiger charge is 2.45. The zero-order valence-corrected chi connectivity index (χ0v) is 29.8. The predicted molar refractivity (Wildman–Crippen MR) is 197 cm³/mol. The number of halogens is 1. The Hall–Kier alpha value is -5.07. The third-order valence-electron chi connectivity index (χ3n) is 11.0. The minimum atomic E-state index is -0.480. The zero-order chi connectivity index (χ0) is 35.6. The van der Waals surface area contributed by atoms with Crippen LogP contribution >= 0.6 is 11.6 Å². The van der Waals surface area contributed by atoms with Gasteiger partial charge in [-0.3, -0.25) is 23.6 Å². The van der Waals surface area contributed by atoms with Gasteiger partial charge in [0.25, 0.3) is 5.56 Å². The van der Waals surface area contributed by atoms with Gasteiger partial charge in [-0.15, -0.1) is 0 Å². The summed E-state index contributed by atoms with van der Waals surface area (Å²) >= 11 is 7.24. The van der Waals surface area contributed by atoms with E-state index in [1.807, 2.05) is 43.3 Å². The van der Waals surface area contributed by atoms with Gasteiger partial charge >= 0.3 is 5.69 Å². The molecule has 1 spiro atoms. The van der Waals surface area contributed by atoms with Crippen molar-refractivity contribution >= 4 is 40.0 Å². The number of pyridine rings is 1. The van der Waals surface area contributed by atoms with Crippen molar-refractivity contribution in [2.24, 2.45) is 14.1 Å². The SMILES string of the molecule is COc1nc(-c2cccc(-c3cccc(Nc4ncnc5c4c(=O)n(C)c(=O)n5C)c3C)c2Cl)cc2c1C(N1CCC3(CCCC(=O)N3)C1)CC2. The molecule has 262 valence electrons. The number of hydrogen-bond acceptors (Lipinski definition) is 9. The first-order valence-corrected chi connectivity index (χ1v) is 17.7. The molecule has 12 nitrogen and oxygen atoms in total. The molecule has 3 aromatic heterocycles. The maximum atomic E-state index is 13.2. The van der Waals surface area contributed by atoms with Gasteiger partial charge in [0.1, 0.15) is 17.5 Å². The maximum absolute atomic E-state index is 13.2. The standard InChI is InChI=1S/C38H39ClN8O4/c1-21-23(8-6-11-26(21)42-33-31-34(41-20-40-33)45(2)37(50)46(3)36(31)49)24-9-5-10-25(32(24)39)27-18-22-13-14-28(30(22)35(43-27)51-4)47-17-16-38(19-47)15-7-12-29(48)44-38/h5-6,8-11,18,20,28H,7,12-17,19H2,1-4H3,(H,44,48)(H,40,41,42). The fourth-order valence-electron chi connectivity index (χ4n) is 8.35. The Morgan fingerprint density at radius 3 is 2.59 bits per heavy atom. The van der Waals surface area contributed by atoms with Gasteiger partial charge < -0.3 is 15.4 Å². The minimum Gasteiger partial charge on any atom is -0.481 e. The molecular formula is C38H39ClN8O4. The van der Waals surface area contributed by atoms with E-state index >= 15 is 0 Å². The first-order valence-electron chi connectivity index (χ1n) is 17.3. The molecule has 1 amide bonds. The van der Waals surface area contributed by atoms with Gasteiger partial charge in [-0.2, -0.15) is 0 Å². The molecule has 2 fully saturated rings. The van der Waals surface area contributed by atoms with Crippen molar-refractivity contribution in [2.45, 2.75) is 57.0 Å². The van der Waals surface area contributed by atoms with E-state index in [0.29, 0.717) is 23.1 Å². The van der Waals surface area contributed by atoms with Crippen molar-refractivity contribution in [3.63, 3.8) is 0 Å². The van der Waals surface area contributed by atoms with Crippen LogP contribution in [0.15, 0.2) is 58.4 Å². The van der Waals surface area contributed by atoms with E-state index in [2.05, 4.69) is 31.6 Å². The van der Waals surface area contributed by atoms with Crippen LogP contribution in [0.4, 0.5) is 11.5 Å². The molecule has 2 unspecified atom stereocenters. The van der Waals surface area contributed by atoms with Crippen LogP contribution in [0, 0.1) is 6.92 Å². The summed E-state index contributed by atoms with van der Waals surface area (Å²) in [6, 6.07) is 14.1. The van der Waals surface area contributed by atoms with Gasteiger partial charge in [0.05, 0.1) is 23.4 Å². The summed E-state index contributed by atoms with van der Waals surface area (Å²) in [4.78, 5) is 54.1. The van der Waals surface area contributed by atoms with E-state index in [9.17, 15) is 14.4 Å². The number of nitrogens with one attached hydrogen (secondary N) is 2. The number of carbonyl (C=O) groups excluding carboxylic acids is 1. The highest BCUT2D eigenvalue weighted by Crippen LogP contribution is 2.47. The van der Waals surface area contributed by atoms with Crippen molar-refractivity contribution in [1.82, 2.24) is 34.3 Å². The Morgan fingerprint density at radius 2 is 1.78 bits per heavy atom. The van der Waals surface area contributed by atoms with Gasteiger partial charge in [0.15, 0.2) is 5.65 Å². The number of anilines is 2. The number of piperidine rings is 1. The number of carbonyl (C=O) groups is 1. The quantitative estimate of drug-likeness (QED) is 0.244. The smallest absolute Gasteiger partial charge is 0.332 e. The Kier molecular flexibility index (Phi) is 8.18. The lowest BCUT2D eigenvalue weighted by molar-refractivity contribution is -0.125. The molecule has 13 heteroatoms. The van der Waals surface area contributed by atoms with E-state index in [1.165, 1.54) is 23.5 Å². The second-order valence-corrected chi connectivity index (χ2v) is 14.3. The monoisotopic (exact) mass is 706 g/mol. The third kappa shape index (κ3) is 5.48. The summed E-state index contributed by atoms with van der Waals surface area (Å²) in [5, 5.41) is 7.41. The molecule has 1 aliphatic carbocycles. The van der Waals surface area contributed by atoms with E-state index in [1.54, 1.807) is 14.2 Å². The molecule has 2 N–H and O–H groups in total. The maximum Gasteiger partial charge on any atom is 0.332 e. The summed E-state index contributed by atoms with van der Waals surface area (Å²) < 4.78 is 8.34. The average molecular weight is 707 g/mol. The Bertz CT molecular complexity index is 2370. The number of fused-ring (bicyclic) bond motifs is 2. The average Bonchev–Trinajstić information content (AvgIpc) is 3.74. The molecule has 0 saturated carbocycles. The normalized spacial score (nSPS) is 20.2. The van der Waals surface area contributed by atoms with Crippen molar-refractivity contribution < 1.29 is 9.53 Å². The van der Waals surface area contributed by atoms with Crippen molar-refractivity contribution in [1.29, 1.82) is 0 Å². The molecule has 5 heterocycles. The van der Waals surface area contributed by atoms with Crippen LogP contribution in [-0.2, 0) is 25.3 Å². The molecule has 2 atom stereocenters. The van der Waals surface area contributed by atoms with Gasteiger partial charge in [-0.1, -0.05) is 41.9 Å². The Balaban J connectivity index is 1.12. The molecule has 2 aromatic carbocycles. The van der Waals surface area contributed by atoms with Crippen LogP contribution < -0.4 is 26.6 Å². The third-order valence-corrected chi connectivity index (χ3v) is 11.4. The molecular weight excluding hydrogens is 668 g/mol. The summed E-state index contributed by atoms with van der Waals surface area (Å²) in [6.07, 6.45) is 6.76. The zero-order valence-electron chi connectivity index (χ0n) is 29.0. The molecule has 2 aliphatic heterocycles. The Morgan fingerprint density at radius 1 is 1.00 bits per heavy atom. The van der Waals surface area contributed by atoms with Gasteiger partial charge in [-0.05, 0) is 67.9 Å². The number of nitrogens with zero attached hydrogens (tertiary/aromatic N) is 6. The fourth-order valence-corrected chi connectivity index (χ4v) is 8.67. The van der Waals surface area contributed by atoms with Gasteiger partial charge in [0.2, 0.25) is 11.8 Å². The predicted octanol–water partition coefficient (Wildman–Crippen LogP) is 5.20. The number of hydrogen-bond donors (Lipinski definition) is 2. The summed E-state index contributed by atoms with van der Waals surface area (Å²) in [5.74, 6) is 1.08. The van der Waals surface area contributed by atoms with Crippen LogP contribution in [0.3, 0.4) is 0 Å². The largest absolute Gasteiger partial charge is 0.481 e. The Labute approximate surface area is 299 Å². The van der Waals surface area contributed by atoms with Crippen LogP contribution in [0.1, 0.15) is 54.8 Å². The highest BCUT2D eigenvalue weighted by atomic mass is 35.5. The van der Waals surface area contributed by atoms with Crippen molar-refractivity contribution in [2.75, 3.05) is 25.5 Å². The van der Waals surface area contributed by atoms with Crippen LogP contribution in [0.2, 0.25) is 5.02 Å². The minimum absolute atomic E-state index is 0.128. The number of amides is 1. The number of benzene rings is 2. The molecule has 5 aromatic rings. The van der Waals surface area contributed by atoms with Gasteiger partial charge in [-0.25, -0.2) is 19.7 Å². The molecule has 0 radical (unpaired) electrons. The first kappa shape index (κ1) is 33.1. The number of rotatable bonds is 6. The summed E-state index contributed by atoms with van der Waals surface area (Å²) in [6.45, 7) is 3.76. The van der Waals surface area contributed by atoms with Crippen LogP contribution in [-0.4, -0.2) is 60.6 Å². The number of aromatic nitrogens is 5. The van der Waals surface area contributed by atoms with Crippen molar-refractivity contribution in [3.8, 4) is 28.3 Å². The molecule has 8 rings (SSSR count). The topological polar surface area (TPSA) is 136 Å². The lowest BCUT2D eigenvalue weighted by Gasteiger charge is -2.35. The number of likely N-dealkylation sites (tertiary alicyclic amines) is 1. The van der Waals surface area contributed by atoms with E-state index in [0.717, 1.165) is 89.0 Å². The van der Waals surface area contributed by atoms with Crippen LogP contribution in [0.5, 0.6) is 5.88 Å². The second kappa shape index (κ2) is 12.6. The molecule has 51 heavy (non-hydrogen) atoms. The van der Waals surface area contributed by atoms with E-state index < -0.39 is 11.2 Å². The van der Waals surface area contributed by atoms with E-state index in [-0.39, 0.29) is 28.5 Å². The summed E-state index contributed by atoms with van der Waals surface area (Å²) in [5.41, 5.74) is 6.41. The van der Waals surface area contributed by atoms with Crippen molar-refractivity contribution in [3.05, 3.63) is 91.3 Å². The molecule has 0 bridgehead atoms. The lowest BCUT2D eigenvalue weighted by Crippen LogP contribution is -2.53. The second-order valence-electron chi connectivity index (χ2n) is 13.9. The first-order chi connectivity index (χ1) is 24.6. The van der Waals surface area contributed by atoms with Crippen LogP contribution in [0.25, 0.3) is 33.4 Å². The van der Waals surface area contributed by atoms with E-state index in [4.69, 9.17) is 21.3 Å². The fraction of sp³-hybridized carbons (Fsp3) is 0.368. The lowest BCUT2D eigenvalue weighted by atomic mass is 9.88.